The molecule has 0 bridgehead atoms. The molecular formula is C20H26F2N6. The summed E-state index contributed by atoms with van der Waals surface area (Å²) in [6.45, 7) is 5.84. The van der Waals surface area contributed by atoms with Gasteiger partial charge in [-0.2, -0.15) is 0 Å². The molecule has 2 aromatic rings. The minimum Gasteiger partial charge on any atom is -0.369 e. The van der Waals surface area contributed by atoms with Gasteiger partial charge in [0, 0.05) is 61.3 Å². The van der Waals surface area contributed by atoms with E-state index in [0.717, 1.165) is 63.5 Å². The van der Waals surface area contributed by atoms with Crippen LogP contribution in [0.3, 0.4) is 0 Å². The normalized spacial score (nSPS) is 18.5. The van der Waals surface area contributed by atoms with Gasteiger partial charge in [-0.25, -0.2) is 18.7 Å². The molecule has 2 aromatic heterocycles. The first-order chi connectivity index (χ1) is 13.7. The topological polar surface area (TPSA) is 65.1 Å². The smallest absolute Gasteiger partial charge is 0.265 e. The third kappa shape index (κ3) is 4.56. The first kappa shape index (κ1) is 19.0. The van der Waals surface area contributed by atoms with Crippen molar-refractivity contribution in [1.29, 1.82) is 0 Å². The van der Waals surface area contributed by atoms with Gasteiger partial charge in [-0.05, 0) is 44.1 Å². The molecule has 0 atom stereocenters. The van der Waals surface area contributed by atoms with Crippen LogP contribution in [0, 0.1) is 0 Å². The molecule has 2 saturated heterocycles. The van der Waals surface area contributed by atoms with E-state index < -0.39 is 6.43 Å². The van der Waals surface area contributed by atoms with Crippen molar-refractivity contribution in [3.63, 3.8) is 0 Å². The van der Waals surface area contributed by atoms with Crippen LogP contribution in [0.1, 0.15) is 36.4 Å². The number of halogens is 2. The first-order valence-corrected chi connectivity index (χ1v) is 9.88. The highest BCUT2D eigenvalue weighted by atomic mass is 19.3. The van der Waals surface area contributed by atoms with E-state index in [4.69, 9.17) is 4.98 Å². The minimum absolute atomic E-state index is 0.0801. The Morgan fingerprint density at radius 1 is 1.00 bits per heavy atom. The van der Waals surface area contributed by atoms with Crippen molar-refractivity contribution < 1.29 is 8.78 Å². The molecule has 3 N–H and O–H groups in total. The average Bonchev–Trinajstić information content (AvgIpc) is 2.75. The van der Waals surface area contributed by atoms with Crippen molar-refractivity contribution in [1.82, 2.24) is 20.6 Å². The molecule has 0 amide bonds. The molecule has 8 heteroatoms. The number of rotatable bonds is 5. The number of pyridine rings is 2. The standard InChI is InChI=1S/C20H26F2N6/c21-20(22)15-1-2-18(25-13-15)27-19-12-16(28-9-7-24-8-10-28)11-17(26-19)14-3-5-23-6-4-14/h1-2,11-14,20,23-24H,3-10H2,(H,25,26,27). The van der Waals surface area contributed by atoms with Gasteiger partial charge >= 0.3 is 0 Å². The molecule has 0 spiro atoms. The van der Waals surface area contributed by atoms with Crippen LogP contribution in [-0.2, 0) is 0 Å². The van der Waals surface area contributed by atoms with Crippen LogP contribution in [-0.4, -0.2) is 49.2 Å². The van der Waals surface area contributed by atoms with Crippen LogP contribution in [0.5, 0.6) is 0 Å². The van der Waals surface area contributed by atoms with Crippen molar-refractivity contribution in [2.45, 2.75) is 25.2 Å². The van der Waals surface area contributed by atoms with Gasteiger partial charge in [-0.15, -0.1) is 0 Å². The number of anilines is 3. The zero-order valence-corrected chi connectivity index (χ0v) is 15.8. The second kappa shape index (κ2) is 8.79. The van der Waals surface area contributed by atoms with Crippen LogP contribution < -0.4 is 20.9 Å². The Labute approximate surface area is 163 Å². The average molecular weight is 388 g/mol. The molecule has 6 nitrogen and oxygen atoms in total. The van der Waals surface area contributed by atoms with Crippen LogP contribution in [0.4, 0.5) is 26.1 Å². The van der Waals surface area contributed by atoms with E-state index >= 15 is 0 Å². The molecule has 28 heavy (non-hydrogen) atoms. The summed E-state index contributed by atoms with van der Waals surface area (Å²) in [7, 11) is 0. The maximum absolute atomic E-state index is 12.8. The Morgan fingerprint density at radius 3 is 2.43 bits per heavy atom. The quantitative estimate of drug-likeness (QED) is 0.732. The van der Waals surface area contributed by atoms with Crippen molar-refractivity contribution >= 4 is 17.3 Å². The molecule has 150 valence electrons. The number of aromatic nitrogens is 2. The number of piperidine rings is 1. The second-order valence-corrected chi connectivity index (χ2v) is 7.30. The van der Waals surface area contributed by atoms with Crippen molar-refractivity contribution in [2.24, 2.45) is 0 Å². The summed E-state index contributed by atoms with van der Waals surface area (Å²) in [6, 6.07) is 7.21. The Morgan fingerprint density at radius 2 is 1.75 bits per heavy atom. The summed E-state index contributed by atoms with van der Waals surface area (Å²) in [4.78, 5) is 11.3. The van der Waals surface area contributed by atoms with Gasteiger partial charge < -0.3 is 20.9 Å². The fraction of sp³-hybridized carbons (Fsp3) is 0.500. The highest BCUT2D eigenvalue weighted by Crippen LogP contribution is 2.30. The highest BCUT2D eigenvalue weighted by molar-refractivity contribution is 5.61. The number of hydrogen-bond donors (Lipinski definition) is 3. The zero-order valence-electron chi connectivity index (χ0n) is 15.8. The molecule has 4 rings (SSSR count). The summed E-state index contributed by atoms with van der Waals surface area (Å²) in [5.74, 6) is 1.66. The number of alkyl halides is 2. The van der Waals surface area contributed by atoms with Gasteiger partial charge in [0.1, 0.15) is 11.6 Å². The van der Waals surface area contributed by atoms with Crippen LogP contribution in [0.15, 0.2) is 30.5 Å². The third-order valence-corrected chi connectivity index (χ3v) is 5.36. The summed E-state index contributed by atoms with van der Waals surface area (Å²) < 4.78 is 25.5. The molecule has 0 unspecified atom stereocenters. The summed E-state index contributed by atoms with van der Waals surface area (Å²) in [5, 5.41) is 9.98. The SMILES string of the molecule is FC(F)c1ccc(Nc2cc(N3CCNCC3)cc(C3CCNCC3)n2)nc1. The number of piperazine rings is 1. The maximum atomic E-state index is 12.8. The van der Waals surface area contributed by atoms with E-state index in [-0.39, 0.29) is 5.56 Å². The monoisotopic (exact) mass is 388 g/mol. The molecular weight excluding hydrogens is 362 g/mol. The van der Waals surface area contributed by atoms with Crippen LogP contribution >= 0.6 is 0 Å². The maximum Gasteiger partial charge on any atom is 0.265 e. The molecule has 2 aliphatic heterocycles. The zero-order chi connectivity index (χ0) is 19.3. The lowest BCUT2D eigenvalue weighted by molar-refractivity contribution is 0.151. The number of nitrogens with one attached hydrogen (secondary N) is 3. The van der Waals surface area contributed by atoms with Crippen LogP contribution in [0.25, 0.3) is 0 Å². The Bertz CT molecular complexity index is 735. The van der Waals surface area contributed by atoms with E-state index in [1.54, 1.807) is 6.07 Å². The summed E-state index contributed by atoms with van der Waals surface area (Å²) in [5.41, 5.74) is 2.16. The van der Waals surface area contributed by atoms with E-state index in [9.17, 15) is 8.78 Å². The van der Waals surface area contributed by atoms with E-state index in [1.807, 2.05) is 6.07 Å². The minimum atomic E-state index is -2.51. The van der Waals surface area contributed by atoms with Gasteiger partial charge in [0.15, 0.2) is 0 Å². The second-order valence-electron chi connectivity index (χ2n) is 7.30. The van der Waals surface area contributed by atoms with Crippen molar-refractivity contribution in [3.8, 4) is 0 Å². The molecule has 0 aliphatic carbocycles. The van der Waals surface area contributed by atoms with Gasteiger partial charge in [-0.3, -0.25) is 0 Å². The number of nitrogens with zero attached hydrogens (tertiary/aromatic N) is 3. The fourth-order valence-corrected chi connectivity index (χ4v) is 3.77. The van der Waals surface area contributed by atoms with E-state index in [2.05, 4.69) is 31.9 Å². The van der Waals surface area contributed by atoms with E-state index in [1.165, 1.54) is 12.3 Å². The lowest BCUT2D eigenvalue weighted by Gasteiger charge is -2.31. The number of hydrogen-bond acceptors (Lipinski definition) is 6. The summed E-state index contributed by atoms with van der Waals surface area (Å²) >= 11 is 0. The lowest BCUT2D eigenvalue weighted by atomic mass is 9.93. The van der Waals surface area contributed by atoms with Crippen molar-refractivity contribution in [2.75, 3.05) is 49.5 Å². The van der Waals surface area contributed by atoms with Crippen molar-refractivity contribution in [3.05, 3.63) is 41.7 Å². The molecule has 0 radical (unpaired) electrons. The van der Waals surface area contributed by atoms with Gasteiger partial charge in [0.25, 0.3) is 6.43 Å². The molecule has 2 fully saturated rings. The predicted octanol–water partition coefficient (Wildman–Crippen LogP) is 3.03. The van der Waals surface area contributed by atoms with E-state index in [0.29, 0.717) is 17.6 Å². The highest BCUT2D eigenvalue weighted by Gasteiger charge is 2.20. The molecule has 2 aliphatic rings. The molecule has 4 heterocycles. The fourth-order valence-electron chi connectivity index (χ4n) is 3.77. The van der Waals surface area contributed by atoms with Crippen LogP contribution in [0.2, 0.25) is 0 Å². The Hall–Kier alpha value is -2.32. The first-order valence-electron chi connectivity index (χ1n) is 9.88. The lowest BCUT2D eigenvalue weighted by Crippen LogP contribution is -2.43. The van der Waals surface area contributed by atoms with Gasteiger partial charge in [0.2, 0.25) is 0 Å². The Kier molecular flexibility index (Phi) is 5.97. The third-order valence-electron chi connectivity index (χ3n) is 5.36. The molecule has 0 saturated carbocycles. The van der Waals surface area contributed by atoms with Gasteiger partial charge in [0.05, 0.1) is 0 Å². The van der Waals surface area contributed by atoms with Gasteiger partial charge in [-0.1, -0.05) is 0 Å². The predicted molar refractivity (Wildman–Crippen MR) is 107 cm³/mol. The summed E-state index contributed by atoms with van der Waals surface area (Å²) in [6.07, 6.45) is 0.834. The Balaban J connectivity index is 1.60. The largest absolute Gasteiger partial charge is 0.369 e. The molecule has 0 aromatic carbocycles.